The Bertz CT molecular complexity index is 1460. The first-order valence-electron chi connectivity index (χ1n) is 15.1. The van der Waals surface area contributed by atoms with E-state index in [1.165, 1.54) is 25.3 Å². The molecule has 3 aromatic rings. The molecule has 0 radical (unpaired) electrons. The number of anilines is 1. The van der Waals surface area contributed by atoms with Crippen LogP contribution in [0.5, 0.6) is 11.5 Å². The molecule has 0 spiro atoms. The van der Waals surface area contributed by atoms with Gasteiger partial charge in [0.1, 0.15) is 24.2 Å². The number of sulfonamides is 1. The molecule has 0 unspecified atom stereocenters. The van der Waals surface area contributed by atoms with Crippen molar-refractivity contribution in [2.45, 2.75) is 57.2 Å². The van der Waals surface area contributed by atoms with Gasteiger partial charge in [0, 0.05) is 32.2 Å². The van der Waals surface area contributed by atoms with Crippen molar-refractivity contribution in [2.24, 2.45) is 0 Å². The summed E-state index contributed by atoms with van der Waals surface area (Å²) in [5, 5.41) is 11.1. The lowest BCUT2D eigenvalue weighted by Gasteiger charge is -2.38. The van der Waals surface area contributed by atoms with Gasteiger partial charge in [0.25, 0.3) is 0 Å². The predicted octanol–water partition coefficient (Wildman–Crippen LogP) is 5.24. The standard InChI is InChI=1S/C34H44N2O7S/c1-5-42-34(38)28-13-11-26(12-14-28)27-15-17-29(18-16-27)36(22-25-9-7-6-8-10-25)23-30(37)24-43-31-19-20-33(41-3)32(21-31)35(2)44(4,39)40/h6-14,19-21,27,29-30,37H,5,15-18,22-24H2,1-4H3/t27?,29?,30-/m0/s1. The Hall–Kier alpha value is -3.60. The van der Waals surface area contributed by atoms with E-state index < -0.39 is 16.1 Å². The molecule has 0 heterocycles. The minimum atomic E-state index is -3.50. The normalized spacial score (nSPS) is 17.6. The highest BCUT2D eigenvalue weighted by molar-refractivity contribution is 7.92. The molecule has 10 heteroatoms. The van der Waals surface area contributed by atoms with Gasteiger partial charge in [-0.1, -0.05) is 42.5 Å². The third-order valence-electron chi connectivity index (χ3n) is 8.21. The molecule has 0 saturated heterocycles. The zero-order chi connectivity index (χ0) is 31.7. The third kappa shape index (κ3) is 8.97. The van der Waals surface area contributed by atoms with E-state index in [0.29, 0.717) is 54.4 Å². The maximum Gasteiger partial charge on any atom is 0.338 e. The fraction of sp³-hybridized carbons (Fsp3) is 0.441. The van der Waals surface area contributed by atoms with E-state index in [1.807, 2.05) is 42.5 Å². The smallest absolute Gasteiger partial charge is 0.338 e. The number of carbonyl (C=O) groups is 1. The minimum absolute atomic E-state index is 0.0573. The summed E-state index contributed by atoms with van der Waals surface area (Å²) in [5.41, 5.74) is 3.35. The number of methoxy groups -OCH3 is 1. The number of aliphatic hydroxyl groups is 1. The van der Waals surface area contributed by atoms with Crippen molar-refractivity contribution in [1.29, 1.82) is 0 Å². The van der Waals surface area contributed by atoms with Crippen molar-refractivity contribution < 1.29 is 32.5 Å². The van der Waals surface area contributed by atoms with Gasteiger partial charge in [0.05, 0.1) is 31.2 Å². The summed E-state index contributed by atoms with van der Waals surface area (Å²) in [6.07, 6.45) is 4.38. The Balaban J connectivity index is 1.39. The Morgan fingerprint density at radius 2 is 1.68 bits per heavy atom. The number of esters is 1. The number of carbonyl (C=O) groups excluding carboxylic acids is 1. The van der Waals surface area contributed by atoms with Gasteiger partial charge < -0.3 is 19.3 Å². The molecular weight excluding hydrogens is 580 g/mol. The van der Waals surface area contributed by atoms with Gasteiger partial charge >= 0.3 is 5.97 Å². The van der Waals surface area contributed by atoms with Crippen LogP contribution in [0.15, 0.2) is 72.8 Å². The van der Waals surface area contributed by atoms with E-state index in [2.05, 4.69) is 17.0 Å². The average molecular weight is 625 g/mol. The molecule has 4 rings (SSSR count). The average Bonchev–Trinajstić information content (AvgIpc) is 3.03. The Kier molecular flexibility index (Phi) is 11.7. The zero-order valence-corrected chi connectivity index (χ0v) is 26.8. The van der Waals surface area contributed by atoms with E-state index in [-0.39, 0.29) is 12.6 Å². The van der Waals surface area contributed by atoms with Gasteiger partial charge in [-0.25, -0.2) is 13.2 Å². The lowest BCUT2D eigenvalue weighted by atomic mass is 9.81. The van der Waals surface area contributed by atoms with Crippen LogP contribution in [0, 0.1) is 0 Å². The molecule has 0 bridgehead atoms. The molecule has 0 aliphatic heterocycles. The quantitative estimate of drug-likeness (QED) is 0.243. The third-order valence-corrected chi connectivity index (χ3v) is 9.40. The second-order valence-electron chi connectivity index (χ2n) is 11.3. The molecule has 1 saturated carbocycles. The van der Waals surface area contributed by atoms with Gasteiger partial charge in [0.2, 0.25) is 10.0 Å². The van der Waals surface area contributed by atoms with Crippen LogP contribution in [-0.4, -0.2) is 76.7 Å². The molecule has 0 amide bonds. The molecule has 1 aliphatic rings. The van der Waals surface area contributed by atoms with Gasteiger partial charge in [-0.3, -0.25) is 9.21 Å². The summed E-state index contributed by atoms with van der Waals surface area (Å²) < 4.78 is 41.8. The molecule has 1 aliphatic carbocycles. The summed E-state index contributed by atoms with van der Waals surface area (Å²) in [4.78, 5) is 14.4. The number of nitrogens with zero attached hydrogens (tertiary/aromatic N) is 2. The molecular formula is C34H44N2O7S. The summed E-state index contributed by atoms with van der Waals surface area (Å²) >= 11 is 0. The van der Waals surface area contributed by atoms with Crippen molar-refractivity contribution in [2.75, 3.05) is 44.5 Å². The first kappa shape index (κ1) is 33.3. The minimum Gasteiger partial charge on any atom is -0.495 e. The van der Waals surface area contributed by atoms with Crippen molar-refractivity contribution >= 4 is 21.7 Å². The summed E-state index contributed by atoms with van der Waals surface area (Å²) in [6.45, 7) is 3.37. The van der Waals surface area contributed by atoms with Crippen LogP contribution >= 0.6 is 0 Å². The Morgan fingerprint density at radius 1 is 1.00 bits per heavy atom. The number of benzene rings is 3. The Labute approximate surface area is 261 Å². The number of ether oxygens (including phenoxy) is 3. The van der Waals surface area contributed by atoms with Gasteiger partial charge in [-0.05, 0) is 73.9 Å². The van der Waals surface area contributed by atoms with Gasteiger partial charge in [-0.2, -0.15) is 0 Å². The van der Waals surface area contributed by atoms with E-state index in [4.69, 9.17) is 14.2 Å². The van der Waals surface area contributed by atoms with Crippen molar-refractivity contribution in [3.05, 3.63) is 89.5 Å². The molecule has 238 valence electrons. The fourth-order valence-corrected chi connectivity index (χ4v) is 6.24. The van der Waals surface area contributed by atoms with Crippen LogP contribution < -0.4 is 13.8 Å². The lowest BCUT2D eigenvalue weighted by molar-refractivity contribution is 0.0384. The van der Waals surface area contributed by atoms with Gasteiger partial charge in [0.15, 0.2) is 0 Å². The van der Waals surface area contributed by atoms with Crippen molar-refractivity contribution in [3.63, 3.8) is 0 Å². The Morgan fingerprint density at radius 3 is 2.30 bits per heavy atom. The van der Waals surface area contributed by atoms with E-state index >= 15 is 0 Å². The molecule has 3 aromatic carbocycles. The van der Waals surface area contributed by atoms with Gasteiger partial charge in [-0.15, -0.1) is 0 Å². The molecule has 1 fully saturated rings. The summed E-state index contributed by atoms with van der Waals surface area (Å²) in [5.74, 6) is 0.976. The van der Waals surface area contributed by atoms with E-state index in [1.54, 1.807) is 25.1 Å². The largest absolute Gasteiger partial charge is 0.495 e. The highest BCUT2D eigenvalue weighted by Gasteiger charge is 2.28. The van der Waals surface area contributed by atoms with Crippen LogP contribution in [0.4, 0.5) is 5.69 Å². The maximum absolute atomic E-state index is 12.1. The maximum atomic E-state index is 12.1. The summed E-state index contributed by atoms with van der Waals surface area (Å²) in [7, 11) is -0.560. The van der Waals surface area contributed by atoms with Crippen LogP contribution in [-0.2, 0) is 21.3 Å². The molecule has 44 heavy (non-hydrogen) atoms. The van der Waals surface area contributed by atoms with E-state index in [9.17, 15) is 18.3 Å². The topological polar surface area (TPSA) is 106 Å². The summed E-state index contributed by atoms with van der Waals surface area (Å²) in [6, 6.07) is 23.3. The first-order valence-corrected chi connectivity index (χ1v) is 16.9. The molecule has 0 aromatic heterocycles. The van der Waals surface area contributed by atoms with E-state index in [0.717, 1.165) is 36.2 Å². The van der Waals surface area contributed by atoms with Crippen LogP contribution in [0.3, 0.4) is 0 Å². The number of hydrogen-bond acceptors (Lipinski definition) is 8. The molecule has 1 atom stereocenters. The number of rotatable bonds is 14. The SMILES string of the molecule is CCOC(=O)c1ccc(C2CCC(N(Cc3ccccc3)C[C@H](O)COc3ccc(OC)c(N(C)S(C)(=O)=O)c3)CC2)cc1. The zero-order valence-electron chi connectivity index (χ0n) is 26.0. The highest BCUT2D eigenvalue weighted by atomic mass is 32.2. The van der Waals surface area contributed by atoms with Crippen LogP contribution in [0.2, 0.25) is 0 Å². The van der Waals surface area contributed by atoms with Crippen LogP contribution in [0.25, 0.3) is 0 Å². The molecule has 9 nitrogen and oxygen atoms in total. The predicted molar refractivity (Wildman–Crippen MR) is 172 cm³/mol. The first-order chi connectivity index (χ1) is 21.1. The fourth-order valence-electron chi connectivity index (χ4n) is 5.74. The second-order valence-corrected chi connectivity index (χ2v) is 13.3. The van der Waals surface area contributed by atoms with Crippen LogP contribution in [0.1, 0.15) is 60.0 Å². The highest BCUT2D eigenvalue weighted by Crippen LogP contribution is 2.36. The van der Waals surface area contributed by atoms with Crippen molar-refractivity contribution in [1.82, 2.24) is 4.90 Å². The second kappa shape index (κ2) is 15.4. The van der Waals surface area contributed by atoms with Crippen molar-refractivity contribution in [3.8, 4) is 11.5 Å². The lowest BCUT2D eigenvalue weighted by Crippen LogP contribution is -2.43. The number of hydrogen-bond donors (Lipinski definition) is 1. The molecule has 1 N–H and O–H groups in total. The monoisotopic (exact) mass is 624 g/mol. The number of aliphatic hydroxyl groups excluding tert-OH is 1.